The summed E-state index contributed by atoms with van der Waals surface area (Å²) in [6, 6.07) is 23.3. The van der Waals surface area contributed by atoms with Gasteiger partial charge >= 0.3 is 0 Å². The Balaban J connectivity index is 1.73. The predicted molar refractivity (Wildman–Crippen MR) is 122 cm³/mol. The van der Waals surface area contributed by atoms with Gasteiger partial charge in [0.25, 0.3) is 0 Å². The number of carbonyl (C=O) groups is 1. The Morgan fingerprint density at radius 2 is 1.68 bits per heavy atom. The van der Waals surface area contributed by atoms with Crippen LogP contribution in [0.1, 0.15) is 27.5 Å². The van der Waals surface area contributed by atoms with Crippen molar-refractivity contribution in [2.45, 2.75) is 12.6 Å². The molecule has 0 saturated carbocycles. The van der Waals surface area contributed by atoms with Gasteiger partial charge in [-0.05, 0) is 18.2 Å². The molecule has 158 valence electrons. The van der Waals surface area contributed by atoms with E-state index in [1.807, 2.05) is 86.0 Å². The molecule has 0 bridgehead atoms. The van der Waals surface area contributed by atoms with Gasteiger partial charge in [0.1, 0.15) is 6.54 Å². The van der Waals surface area contributed by atoms with E-state index in [4.69, 9.17) is 9.47 Å². The molecule has 31 heavy (non-hydrogen) atoms. The molecule has 3 aromatic carbocycles. The van der Waals surface area contributed by atoms with Crippen molar-refractivity contribution in [1.82, 2.24) is 4.98 Å². The number of H-pyrrole nitrogens is 1. The van der Waals surface area contributed by atoms with Crippen molar-refractivity contribution in [3.8, 4) is 11.5 Å². The highest BCUT2D eigenvalue weighted by atomic mass is 16.5. The summed E-state index contributed by atoms with van der Waals surface area (Å²) in [7, 11) is 5.32. The lowest BCUT2D eigenvalue weighted by Crippen LogP contribution is -3.09. The fourth-order valence-corrected chi connectivity index (χ4v) is 4.23. The highest BCUT2D eigenvalue weighted by Gasteiger charge is 2.32. The lowest BCUT2D eigenvalue weighted by molar-refractivity contribution is -0.915. The summed E-state index contributed by atoms with van der Waals surface area (Å²) in [6.07, 6.45) is 1.82. The summed E-state index contributed by atoms with van der Waals surface area (Å²) in [5.74, 6) is 1.48. The first-order valence-electron chi connectivity index (χ1n) is 10.3. The zero-order valence-electron chi connectivity index (χ0n) is 18.0. The predicted octanol–water partition coefficient (Wildman–Crippen LogP) is 3.82. The van der Waals surface area contributed by atoms with Crippen LogP contribution in [-0.2, 0) is 6.54 Å². The van der Waals surface area contributed by atoms with Gasteiger partial charge in [-0.3, -0.25) is 4.79 Å². The van der Waals surface area contributed by atoms with Crippen LogP contribution < -0.4 is 14.4 Å². The molecule has 0 spiro atoms. The molecular formula is C26H27N2O3+. The quantitative estimate of drug-likeness (QED) is 0.430. The van der Waals surface area contributed by atoms with E-state index in [0.29, 0.717) is 23.6 Å². The van der Waals surface area contributed by atoms with Gasteiger partial charge in [0.05, 0.1) is 26.8 Å². The van der Waals surface area contributed by atoms with Gasteiger partial charge in [0.2, 0.25) is 5.78 Å². The van der Waals surface area contributed by atoms with Crippen molar-refractivity contribution >= 4 is 16.7 Å². The van der Waals surface area contributed by atoms with Gasteiger partial charge in [0.15, 0.2) is 17.5 Å². The highest BCUT2D eigenvalue weighted by molar-refractivity contribution is 6.10. The molecule has 0 amide bonds. The number of aromatic nitrogens is 1. The molecule has 0 aliphatic heterocycles. The van der Waals surface area contributed by atoms with E-state index in [0.717, 1.165) is 26.9 Å². The van der Waals surface area contributed by atoms with E-state index in [-0.39, 0.29) is 11.8 Å². The first kappa shape index (κ1) is 20.7. The molecule has 2 atom stereocenters. The van der Waals surface area contributed by atoms with E-state index < -0.39 is 0 Å². The number of para-hydroxylation sites is 2. The van der Waals surface area contributed by atoms with Crippen LogP contribution in [0.25, 0.3) is 10.9 Å². The van der Waals surface area contributed by atoms with Crippen LogP contribution in [0.15, 0.2) is 79.0 Å². The Morgan fingerprint density at radius 1 is 0.935 bits per heavy atom. The summed E-state index contributed by atoms with van der Waals surface area (Å²) in [4.78, 5) is 18.1. The number of nitrogens with one attached hydrogen (secondary N) is 2. The average Bonchev–Trinajstić information content (AvgIpc) is 3.24. The first-order valence-corrected chi connectivity index (χ1v) is 10.3. The van der Waals surface area contributed by atoms with Gasteiger partial charge in [-0.15, -0.1) is 0 Å². The molecule has 0 fully saturated rings. The number of fused-ring (bicyclic) bond motifs is 1. The number of Topliss-reactive ketones (excluding diaryl/α,β-unsaturated/α-hetero) is 1. The molecule has 1 unspecified atom stereocenters. The Bertz CT molecular complexity index is 1180. The van der Waals surface area contributed by atoms with E-state index in [1.54, 1.807) is 14.2 Å². The second-order valence-electron chi connectivity index (χ2n) is 7.63. The van der Waals surface area contributed by atoms with Gasteiger partial charge in [-0.1, -0.05) is 54.6 Å². The van der Waals surface area contributed by atoms with Crippen LogP contribution in [0.4, 0.5) is 0 Å². The molecule has 5 nitrogen and oxygen atoms in total. The Kier molecular flexibility index (Phi) is 6.05. The number of hydrogen-bond donors (Lipinski definition) is 2. The zero-order chi connectivity index (χ0) is 21.8. The molecule has 2 N–H and O–H groups in total. The van der Waals surface area contributed by atoms with Crippen LogP contribution in [0.5, 0.6) is 11.5 Å². The molecule has 0 saturated heterocycles. The van der Waals surface area contributed by atoms with E-state index in [9.17, 15) is 4.79 Å². The second-order valence-corrected chi connectivity index (χ2v) is 7.63. The number of carbonyl (C=O) groups excluding carboxylic acids is 1. The number of rotatable bonds is 8. The highest BCUT2D eigenvalue weighted by Crippen LogP contribution is 2.30. The average molecular weight is 416 g/mol. The minimum atomic E-state index is -0.365. The molecule has 5 heteroatoms. The van der Waals surface area contributed by atoms with Crippen molar-refractivity contribution < 1.29 is 19.2 Å². The van der Waals surface area contributed by atoms with E-state index in [2.05, 4.69) is 4.98 Å². The minimum Gasteiger partial charge on any atom is -0.493 e. The second kappa shape index (κ2) is 9.06. The number of ether oxygens (including phenoxy) is 2. The Morgan fingerprint density at radius 3 is 2.42 bits per heavy atom. The number of likely N-dealkylation sites (N-methyl/N-ethyl adjacent to an activating group) is 1. The third kappa shape index (κ3) is 4.05. The summed E-state index contributed by atoms with van der Waals surface area (Å²) >= 11 is 0. The maximum Gasteiger partial charge on any atom is 0.226 e. The third-order valence-electron chi connectivity index (χ3n) is 5.70. The number of aromatic amines is 1. The largest absolute Gasteiger partial charge is 0.493 e. The third-order valence-corrected chi connectivity index (χ3v) is 5.70. The number of ketones is 1. The molecule has 4 aromatic rings. The molecule has 1 aromatic heterocycles. The fraction of sp³-hybridized carbons (Fsp3) is 0.192. The molecule has 1 heterocycles. The number of benzene rings is 3. The zero-order valence-corrected chi connectivity index (χ0v) is 18.0. The van der Waals surface area contributed by atoms with Crippen molar-refractivity contribution in [1.29, 1.82) is 0 Å². The van der Waals surface area contributed by atoms with Crippen LogP contribution >= 0.6 is 0 Å². The lowest BCUT2D eigenvalue weighted by atomic mass is 9.95. The van der Waals surface area contributed by atoms with Crippen LogP contribution in [0, 0.1) is 0 Å². The van der Waals surface area contributed by atoms with E-state index >= 15 is 0 Å². The fourth-order valence-electron chi connectivity index (χ4n) is 4.23. The minimum absolute atomic E-state index is 0.0861. The summed E-state index contributed by atoms with van der Waals surface area (Å²) in [5.41, 5.74) is 3.65. The summed E-state index contributed by atoms with van der Waals surface area (Å²) < 4.78 is 11.1. The van der Waals surface area contributed by atoms with Crippen LogP contribution in [0.3, 0.4) is 0 Å². The van der Waals surface area contributed by atoms with Gasteiger partial charge in [-0.2, -0.15) is 0 Å². The van der Waals surface area contributed by atoms with Gasteiger partial charge < -0.3 is 19.4 Å². The van der Waals surface area contributed by atoms with E-state index in [1.165, 1.54) is 0 Å². The van der Waals surface area contributed by atoms with Crippen molar-refractivity contribution in [2.75, 3.05) is 21.3 Å². The smallest absolute Gasteiger partial charge is 0.226 e. The van der Waals surface area contributed by atoms with Crippen molar-refractivity contribution in [3.63, 3.8) is 0 Å². The van der Waals surface area contributed by atoms with Crippen molar-refractivity contribution in [2.24, 2.45) is 0 Å². The monoisotopic (exact) mass is 415 g/mol. The number of methoxy groups -OCH3 is 2. The summed E-state index contributed by atoms with van der Waals surface area (Å²) in [5, 5.41) is 0.945. The van der Waals surface area contributed by atoms with Gasteiger partial charge in [-0.25, -0.2) is 0 Å². The SMILES string of the molecule is COc1cccc(C[NH+](C)[C@H](C(=O)c2c[nH]c3ccccc23)c2ccccc2)c1OC. The molecule has 0 aliphatic rings. The normalized spacial score (nSPS) is 13.0. The van der Waals surface area contributed by atoms with Gasteiger partial charge in [0, 0.05) is 28.2 Å². The molecule has 0 radical (unpaired) electrons. The molecular weight excluding hydrogens is 388 g/mol. The molecule has 0 aliphatic carbocycles. The Hall–Kier alpha value is -3.57. The molecule has 4 rings (SSSR count). The first-order chi connectivity index (χ1) is 15.1. The maximum absolute atomic E-state index is 13.8. The topological polar surface area (TPSA) is 55.8 Å². The number of hydrogen-bond acceptors (Lipinski definition) is 3. The van der Waals surface area contributed by atoms with Crippen LogP contribution in [0.2, 0.25) is 0 Å². The van der Waals surface area contributed by atoms with Crippen molar-refractivity contribution in [3.05, 3.63) is 95.7 Å². The maximum atomic E-state index is 13.8. The Labute approximate surface area is 182 Å². The number of quaternary nitrogens is 1. The summed E-state index contributed by atoms with van der Waals surface area (Å²) in [6.45, 7) is 0.605. The van der Waals surface area contributed by atoms with Crippen LogP contribution in [-0.4, -0.2) is 32.0 Å². The lowest BCUT2D eigenvalue weighted by Gasteiger charge is -2.25. The standard InChI is InChI=1S/C26H26N2O3/c1-28(17-19-12-9-15-23(30-2)26(19)31-3)24(18-10-5-4-6-11-18)25(29)21-16-27-22-14-8-7-13-20(21)22/h4-16,24,27H,17H2,1-3H3/p+1/t24-/m0/s1.